The van der Waals surface area contributed by atoms with Crippen molar-refractivity contribution >= 4 is 23.6 Å². The molecule has 0 heterocycles. The minimum Gasteiger partial charge on any atom is -0.463 e. The summed E-state index contributed by atoms with van der Waals surface area (Å²) < 4.78 is 5.00. The summed E-state index contributed by atoms with van der Waals surface area (Å²) in [6.07, 6.45) is 2.03. The van der Waals surface area contributed by atoms with Crippen LogP contribution < -0.4 is 5.32 Å². The van der Waals surface area contributed by atoms with Gasteiger partial charge in [0.05, 0.1) is 12.5 Å². The van der Waals surface area contributed by atoms with Gasteiger partial charge in [0.25, 0.3) is 5.91 Å². The van der Waals surface area contributed by atoms with Crippen molar-refractivity contribution in [2.24, 2.45) is 0 Å². The van der Waals surface area contributed by atoms with Crippen LogP contribution in [0.1, 0.15) is 36.2 Å². The lowest BCUT2D eigenvalue weighted by Crippen LogP contribution is -2.27. The molecule has 0 spiro atoms. The van der Waals surface area contributed by atoms with Gasteiger partial charge in [0.2, 0.25) is 0 Å². The van der Waals surface area contributed by atoms with Gasteiger partial charge in [-0.1, -0.05) is 6.07 Å². The van der Waals surface area contributed by atoms with E-state index in [1.165, 1.54) is 0 Å². The fourth-order valence-electron chi connectivity index (χ4n) is 1.67. The molecule has 0 aliphatic heterocycles. The van der Waals surface area contributed by atoms with Gasteiger partial charge in [-0.25, -0.2) is 0 Å². The first-order chi connectivity index (χ1) is 9.43. The topological polar surface area (TPSA) is 55.4 Å². The minimum atomic E-state index is -0.296. The van der Waals surface area contributed by atoms with Gasteiger partial charge >= 0.3 is 5.97 Å². The maximum absolute atomic E-state index is 12.1. The molecule has 0 saturated carbocycles. The zero-order valence-corrected chi connectivity index (χ0v) is 13.2. The molecule has 0 aromatic heterocycles. The van der Waals surface area contributed by atoms with E-state index in [9.17, 15) is 9.59 Å². The maximum Gasteiger partial charge on any atom is 0.307 e. The lowest BCUT2D eigenvalue weighted by Gasteiger charge is -2.10. The summed E-state index contributed by atoms with van der Waals surface area (Å²) in [5.74, 6) is -0.453. The Labute approximate surface area is 124 Å². The fourth-order valence-corrected chi connectivity index (χ4v) is 2.11. The number of thioether (sulfide) groups is 1. The van der Waals surface area contributed by atoms with E-state index >= 15 is 0 Å². The number of aryl methyl sites for hydroxylation is 1. The first kappa shape index (κ1) is 16.6. The largest absolute Gasteiger partial charge is 0.463 e. The van der Waals surface area contributed by atoms with Crippen LogP contribution >= 0.6 is 11.8 Å². The third-order valence-electron chi connectivity index (χ3n) is 2.67. The molecule has 110 valence electrons. The van der Waals surface area contributed by atoms with Gasteiger partial charge < -0.3 is 10.1 Å². The lowest BCUT2D eigenvalue weighted by atomic mass is 10.1. The summed E-state index contributed by atoms with van der Waals surface area (Å²) in [5, 5.41) is 2.75. The average Bonchev–Trinajstić information content (AvgIpc) is 2.38. The van der Waals surface area contributed by atoms with Gasteiger partial charge in [0, 0.05) is 17.0 Å². The van der Waals surface area contributed by atoms with Crippen LogP contribution in [0.5, 0.6) is 0 Å². The van der Waals surface area contributed by atoms with Crippen LogP contribution in [0.25, 0.3) is 0 Å². The molecule has 1 rings (SSSR count). The zero-order chi connectivity index (χ0) is 15.1. The molecule has 0 saturated heterocycles. The van der Waals surface area contributed by atoms with Crippen LogP contribution in [-0.4, -0.2) is 30.8 Å². The molecule has 0 radical (unpaired) electrons. The second-order valence-corrected chi connectivity index (χ2v) is 5.61. The molecule has 0 fully saturated rings. The number of benzene rings is 1. The van der Waals surface area contributed by atoms with Crippen LogP contribution in [0.2, 0.25) is 0 Å². The SMILES string of the molecule is CSc1ccc(C)c(C(=O)NCCC(=O)OC(C)C)c1. The van der Waals surface area contributed by atoms with Crippen molar-refractivity contribution in [3.63, 3.8) is 0 Å². The summed E-state index contributed by atoms with van der Waals surface area (Å²) in [6.45, 7) is 5.78. The van der Waals surface area contributed by atoms with E-state index in [0.717, 1.165) is 10.5 Å². The summed E-state index contributed by atoms with van der Waals surface area (Å²) >= 11 is 1.59. The molecule has 5 heteroatoms. The van der Waals surface area contributed by atoms with Crippen molar-refractivity contribution in [2.45, 2.75) is 38.2 Å². The van der Waals surface area contributed by atoms with E-state index in [4.69, 9.17) is 4.74 Å². The van der Waals surface area contributed by atoms with E-state index in [0.29, 0.717) is 5.56 Å². The van der Waals surface area contributed by atoms with Crippen LogP contribution in [0.15, 0.2) is 23.1 Å². The van der Waals surface area contributed by atoms with E-state index in [1.807, 2.05) is 31.4 Å². The number of ether oxygens (including phenoxy) is 1. The highest BCUT2D eigenvalue weighted by atomic mass is 32.2. The normalized spacial score (nSPS) is 10.4. The van der Waals surface area contributed by atoms with Gasteiger partial charge in [-0.2, -0.15) is 0 Å². The highest BCUT2D eigenvalue weighted by Gasteiger charge is 2.11. The number of nitrogens with one attached hydrogen (secondary N) is 1. The monoisotopic (exact) mass is 295 g/mol. The molecule has 0 unspecified atom stereocenters. The van der Waals surface area contributed by atoms with Crippen molar-refractivity contribution in [3.05, 3.63) is 29.3 Å². The van der Waals surface area contributed by atoms with Crippen molar-refractivity contribution in [3.8, 4) is 0 Å². The molecule has 0 atom stereocenters. The second-order valence-electron chi connectivity index (χ2n) is 4.73. The summed E-state index contributed by atoms with van der Waals surface area (Å²) in [5.41, 5.74) is 1.57. The average molecular weight is 295 g/mol. The van der Waals surface area contributed by atoms with Gasteiger partial charge in [-0.05, 0) is 44.7 Å². The Morgan fingerprint density at radius 2 is 2.05 bits per heavy atom. The first-order valence-corrected chi connectivity index (χ1v) is 7.79. The number of esters is 1. The molecule has 1 aromatic carbocycles. The van der Waals surface area contributed by atoms with E-state index < -0.39 is 0 Å². The number of hydrogen-bond donors (Lipinski definition) is 1. The third-order valence-corrected chi connectivity index (χ3v) is 3.40. The predicted molar refractivity (Wildman–Crippen MR) is 81.1 cm³/mol. The highest BCUT2D eigenvalue weighted by molar-refractivity contribution is 7.98. The zero-order valence-electron chi connectivity index (χ0n) is 12.4. The summed E-state index contributed by atoms with van der Waals surface area (Å²) in [7, 11) is 0. The number of rotatable bonds is 6. The van der Waals surface area contributed by atoms with Gasteiger partial charge in [-0.3, -0.25) is 9.59 Å². The quantitative estimate of drug-likeness (QED) is 0.647. The van der Waals surface area contributed by atoms with Crippen molar-refractivity contribution in [1.29, 1.82) is 0 Å². The van der Waals surface area contributed by atoms with Gasteiger partial charge in [0.15, 0.2) is 0 Å². The van der Waals surface area contributed by atoms with Crippen molar-refractivity contribution < 1.29 is 14.3 Å². The Bertz CT molecular complexity index is 486. The second kappa shape index (κ2) is 7.94. The van der Waals surface area contributed by atoms with Crippen LogP contribution in [0, 0.1) is 6.92 Å². The minimum absolute atomic E-state index is 0.126. The number of hydrogen-bond acceptors (Lipinski definition) is 4. The Balaban J connectivity index is 2.53. The summed E-state index contributed by atoms with van der Waals surface area (Å²) in [4.78, 5) is 24.5. The van der Waals surface area contributed by atoms with E-state index in [-0.39, 0.29) is 30.9 Å². The number of carbonyl (C=O) groups excluding carboxylic acids is 2. The van der Waals surface area contributed by atoms with E-state index in [1.54, 1.807) is 25.6 Å². The first-order valence-electron chi connectivity index (χ1n) is 6.56. The molecular weight excluding hydrogens is 274 g/mol. The molecule has 20 heavy (non-hydrogen) atoms. The molecule has 0 aliphatic rings. The number of amides is 1. The molecule has 0 bridgehead atoms. The smallest absolute Gasteiger partial charge is 0.307 e. The molecule has 4 nitrogen and oxygen atoms in total. The van der Waals surface area contributed by atoms with Crippen molar-refractivity contribution in [2.75, 3.05) is 12.8 Å². The molecular formula is C15H21NO3S. The molecule has 0 aliphatic carbocycles. The van der Waals surface area contributed by atoms with Crippen molar-refractivity contribution in [1.82, 2.24) is 5.32 Å². The predicted octanol–water partition coefficient (Wildman–Crippen LogP) is 2.79. The van der Waals surface area contributed by atoms with Gasteiger partial charge in [0.1, 0.15) is 0 Å². The standard InChI is InChI=1S/C15H21NO3S/c1-10(2)19-14(17)7-8-16-15(18)13-9-12(20-4)6-5-11(13)3/h5-6,9-10H,7-8H2,1-4H3,(H,16,18). The Morgan fingerprint density at radius 1 is 1.35 bits per heavy atom. The Hall–Kier alpha value is -1.49. The van der Waals surface area contributed by atoms with E-state index in [2.05, 4.69) is 5.32 Å². The number of carbonyl (C=O) groups is 2. The Kier molecular flexibility index (Phi) is 6.58. The molecule has 1 aromatic rings. The van der Waals surface area contributed by atoms with Crippen LogP contribution in [0.4, 0.5) is 0 Å². The molecule has 1 amide bonds. The van der Waals surface area contributed by atoms with Gasteiger partial charge in [-0.15, -0.1) is 11.8 Å². The van der Waals surface area contributed by atoms with Crippen LogP contribution in [-0.2, 0) is 9.53 Å². The lowest BCUT2D eigenvalue weighted by molar-refractivity contribution is -0.147. The van der Waals surface area contributed by atoms with Crippen LogP contribution in [0.3, 0.4) is 0 Å². The highest BCUT2D eigenvalue weighted by Crippen LogP contribution is 2.18. The molecule has 1 N–H and O–H groups in total. The third kappa shape index (κ3) is 5.25. The maximum atomic E-state index is 12.1. The fraction of sp³-hybridized carbons (Fsp3) is 0.467. The Morgan fingerprint density at radius 3 is 2.65 bits per heavy atom. The summed E-state index contributed by atoms with van der Waals surface area (Å²) in [6, 6.07) is 5.77.